The topological polar surface area (TPSA) is 90.9 Å². The Morgan fingerprint density at radius 1 is 1.50 bits per heavy atom. The van der Waals surface area contributed by atoms with Crippen LogP contribution in [0.1, 0.15) is 21.7 Å². The number of amides is 1. The predicted molar refractivity (Wildman–Crippen MR) is 67.9 cm³/mol. The van der Waals surface area contributed by atoms with Crippen LogP contribution in [-0.2, 0) is 6.54 Å². The molecule has 2 aromatic rings. The molecular formula is C13H11FN4O2. The first-order chi connectivity index (χ1) is 9.70. The van der Waals surface area contributed by atoms with Crippen molar-refractivity contribution in [1.82, 2.24) is 20.5 Å². The summed E-state index contributed by atoms with van der Waals surface area (Å²) in [6, 6.07) is 3.99. The Kier molecular flexibility index (Phi) is 4.42. The Hall–Kier alpha value is -2.72. The second-order valence-corrected chi connectivity index (χ2v) is 3.77. The third-order valence-corrected chi connectivity index (χ3v) is 2.41. The molecule has 0 saturated heterocycles. The number of rotatable bonds is 3. The van der Waals surface area contributed by atoms with E-state index in [1.807, 2.05) is 0 Å². The number of carbonyl (C=O) groups excluding carboxylic acids is 1. The summed E-state index contributed by atoms with van der Waals surface area (Å²) in [5, 5.41) is 17.3. The smallest absolute Gasteiger partial charge is 0.254 e. The van der Waals surface area contributed by atoms with Gasteiger partial charge in [-0.25, -0.2) is 9.37 Å². The number of aromatic amines is 1. The summed E-state index contributed by atoms with van der Waals surface area (Å²) in [5.74, 6) is 4.21. The number of hydrogen-bond donors (Lipinski definition) is 3. The molecule has 20 heavy (non-hydrogen) atoms. The molecule has 0 fully saturated rings. The van der Waals surface area contributed by atoms with Gasteiger partial charge in [-0.15, -0.1) is 0 Å². The van der Waals surface area contributed by atoms with Crippen molar-refractivity contribution in [1.29, 1.82) is 0 Å². The van der Waals surface area contributed by atoms with E-state index in [4.69, 9.17) is 5.11 Å². The first-order valence-corrected chi connectivity index (χ1v) is 5.72. The van der Waals surface area contributed by atoms with Crippen molar-refractivity contribution < 1.29 is 14.3 Å². The fraction of sp³-hybridized carbons (Fsp3) is 0.154. The maximum atomic E-state index is 13.8. The monoisotopic (exact) mass is 274 g/mol. The number of H-pyrrole nitrogens is 1. The van der Waals surface area contributed by atoms with Gasteiger partial charge in [0.15, 0.2) is 0 Å². The summed E-state index contributed by atoms with van der Waals surface area (Å²) in [6.07, 6.45) is 1.32. The van der Waals surface area contributed by atoms with E-state index in [1.165, 1.54) is 18.5 Å². The standard InChI is InChI=1S/C13H11FN4O2/c14-11-6-9(2-1-5-19)3-4-10(11)13(20)15-7-12-16-8-17-18-12/h3-4,6,8,19H,5,7H2,(H,15,20)(H,16,17,18). The zero-order valence-electron chi connectivity index (χ0n) is 10.4. The molecule has 0 aliphatic carbocycles. The Bertz CT molecular complexity index is 659. The molecule has 1 amide bonds. The average Bonchev–Trinajstić information content (AvgIpc) is 2.96. The van der Waals surface area contributed by atoms with Crippen molar-refractivity contribution in [2.75, 3.05) is 6.61 Å². The summed E-state index contributed by atoms with van der Waals surface area (Å²) in [6.45, 7) is -0.175. The normalized spacial score (nSPS) is 9.70. The van der Waals surface area contributed by atoms with Crippen LogP contribution in [0.5, 0.6) is 0 Å². The lowest BCUT2D eigenvalue weighted by Crippen LogP contribution is -2.24. The summed E-state index contributed by atoms with van der Waals surface area (Å²) < 4.78 is 13.8. The van der Waals surface area contributed by atoms with E-state index in [9.17, 15) is 9.18 Å². The Labute approximate surface area is 114 Å². The highest BCUT2D eigenvalue weighted by atomic mass is 19.1. The largest absolute Gasteiger partial charge is 0.384 e. The van der Waals surface area contributed by atoms with Crippen LogP contribution in [0.15, 0.2) is 24.5 Å². The highest BCUT2D eigenvalue weighted by molar-refractivity contribution is 5.94. The first kappa shape index (κ1) is 13.7. The maximum absolute atomic E-state index is 13.8. The molecule has 0 spiro atoms. The van der Waals surface area contributed by atoms with E-state index < -0.39 is 11.7 Å². The number of benzene rings is 1. The molecule has 6 nitrogen and oxygen atoms in total. The van der Waals surface area contributed by atoms with Crippen molar-refractivity contribution in [3.8, 4) is 11.8 Å². The minimum atomic E-state index is -0.676. The Balaban J connectivity index is 2.06. The summed E-state index contributed by atoms with van der Waals surface area (Å²) in [5.41, 5.74) is 0.308. The van der Waals surface area contributed by atoms with Crippen LogP contribution in [0.4, 0.5) is 4.39 Å². The number of carbonyl (C=O) groups is 1. The van der Waals surface area contributed by atoms with Gasteiger partial charge in [0.05, 0.1) is 12.1 Å². The minimum absolute atomic E-state index is 0.0842. The molecule has 0 radical (unpaired) electrons. The van der Waals surface area contributed by atoms with Gasteiger partial charge in [0.1, 0.15) is 24.6 Å². The molecule has 102 valence electrons. The molecule has 3 N–H and O–H groups in total. The van der Waals surface area contributed by atoms with Crippen LogP contribution >= 0.6 is 0 Å². The molecule has 1 aromatic carbocycles. The number of hydrogen-bond acceptors (Lipinski definition) is 4. The number of nitrogens with zero attached hydrogens (tertiary/aromatic N) is 2. The second kappa shape index (κ2) is 6.45. The predicted octanol–water partition coefficient (Wildman–Crippen LogP) is 0.218. The quantitative estimate of drug-likeness (QED) is 0.698. The van der Waals surface area contributed by atoms with Crippen molar-refractivity contribution in [3.05, 3.63) is 47.3 Å². The van der Waals surface area contributed by atoms with Crippen molar-refractivity contribution >= 4 is 5.91 Å². The van der Waals surface area contributed by atoms with Crippen LogP contribution in [0.2, 0.25) is 0 Å². The zero-order chi connectivity index (χ0) is 14.4. The average molecular weight is 274 g/mol. The number of aliphatic hydroxyl groups is 1. The van der Waals surface area contributed by atoms with E-state index in [0.29, 0.717) is 11.4 Å². The van der Waals surface area contributed by atoms with Gasteiger partial charge < -0.3 is 10.4 Å². The lowest BCUT2D eigenvalue weighted by Gasteiger charge is -2.04. The van der Waals surface area contributed by atoms with Gasteiger partial charge in [0.2, 0.25) is 0 Å². The van der Waals surface area contributed by atoms with Gasteiger partial charge in [0.25, 0.3) is 5.91 Å². The first-order valence-electron chi connectivity index (χ1n) is 5.72. The van der Waals surface area contributed by atoms with Gasteiger partial charge in [-0.3, -0.25) is 9.89 Å². The molecule has 0 unspecified atom stereocenters. The number of aliphatic hydroxyl groups excluding tert-OH is 1. The van der Waals surface area contributed by atoms with Gasteiger partial charge in [-0.05, 0) is 18.2 Å². The number of halogens is 1. The van der Waals surface area contributed by atoms with Crippen molar-refractivity contribution in [2.24, 2.45) is 0 Å². The zero-order valence-corrected chi connectivity index (χ0v) is 10.4. The van der Waals surface area contributed by atoms with E-state index in [1.54, 1.807) is 0 Å². The van der Waals surface area contributed by atoms with Crippen molar-refractivity contribution in [2.45, 2.75) is 6.54 Å². The summed E-state index contributed by atoms with van der Waals surface area (Å²) >= 11 is 0. The fourth-order valence-electron chi connectivity index (χ4n) is 1.49. The summed E-state index contributed by atoms with van der Waals surface area (Å²) in [4.78, 5) is 15.6. The van der Waals surface area contributed by atoms with E-state index in [2.05, 4.69) is 32.3 Å². The molecular weight excluding hydrogens is 263 g/mol. The van der Waals surface area contributed by atoms with Crippen molar-refractivity contribution in [3.63, 3.8) is 0 Å². The molecule has 0 aliphatic rings. The highest BCUT2D eigenvalue weighted by Gasteiger charge is 2.12. The van der Waals surface area contributed by atoms with Gasteiger partial charge >= 0.3 is 0 Å². The van der Waals surface area contributed by atoms with E-state index >= 15 is 0 Å². The Morgan fingerprint density at radius 3 is 3.00 bits per heavy atom. The number of aromatic nitrogens is 3. The molecule has 1 heterocycles. The molecule has 0 saturated carbocycles. The Morgan fingerprint density at radius 2 is 2.35 bits per heavy atom. The highest BCUT2D eigenvalue weighted by Crippen LogP contribution is 2.10. The van der Waals surface area contributed by atoms with Crippen LogP contribution in [-0.4, -0.2) is 32.8 Å². The van der Waals surface area contributed by atoms with Gasteiger partial charge in [-0.2, -0.15) is 5.10 Å². The van der Waals surface area contributed by atoms with Crippen LogP contribution < -0.4 is 5.32 Å². The molecule has 0 bridgehead atoms. The SMILES string of the molecule is O=C(NCc1ncn[nH]1)c1ccc(C#CCO)cc1F. The third kappa shape index (κ3) is 3.40. The van der Waals surface area contributed by atoms with E-state index in [0.717, 1.165) is 6.07 Å². The maximum Gasteiger partial charge on any atom is 0.254 e. The second-order valence-electron chi connectivity index (χ2n) is 3.77. The molecule has 2 rings (SSSR count). The molecule has 1 aromatic heterocycles. The fourth-order valence-corrected chi connectivity index (χ4v) is 1.49. The third-order valence-electron chi connectivity index (χ3n) is 2.41. The van der Waals surface area contributed by atoms with Gasteiger partial charge in [-0.1, -0.05) is 11.8 Å². The lowest BCUT2D eigenvalue weighted by atomic mass is 10.1. The van der Waals surface area contributed by atoms with Crippen LogP contribution in [0, 0.1) is 17.7 Å². The minimum Gasteiger partial charge on any atom is -0.384 e. The molecule has 7 heteroatoms. The van der Waals surface area contributed by atoms with Crippen LogP contribution in [0.25, 0.3) is 0 Å². The van der Waals surface area contributed by atoms with E-state index in [-0.39, 0.29) is 18.7 Å². The van der Waals surface area contributed by atoms with Crippen LogP contribution in [0.3, 0.4) is 0 Å². The van der Waals surface area contributed by atoms with Gasteiger partial charge in [0, 0.05) is 5.56 Å². The lowest BCUT2D eigenvalue weighted by molar-refractivity contribution is 0.0946. The summed E-state index contributed by atoms with van der Waals surface area (Å²) in [7, 11) is 0. The number of nitrogens with one attached hydrogen (secondary N) is 2. The molecule has 0 atom stereocenters. The molecule has 0 aliphatic heterocycles.